The van der Waals surface area contributed by atoms with Crippen LogP contribution in [0.3, 0.4) is 0 Å². The maximum absolute atomic E-state index is 13.0. The highest BCUT2D eigenvalue weighted by Gasteiger charge is 2.40. The summed E-state index contributed by atoms with van der Waals surface area (Å²) in [5.74, 6) is 2.52. The second-order valence-corrected chi connectivity index (χ2v) is 9.94. The lowest BCUT2D eigenvalue weighted by atomic mass is 10.1. The van der Waals surface area contributed by atoms with Crippen molar-refractivity contribution in [3.8, 4) is 11.5 Å². The third-order valence-corrected chi connectivity index (χ3v) is 6.97. The van der Waals surface area contributed by atoms with Crippen LogP contribution in [0.4, 0.5) is 5.69 Å². The van der Waals surface area contributed by atoms with Gasteiger partial charge < -0.3 is 30.3 Å². The van der Waals surface area contributed by atoms with Gasteiger partial charge in [-0.2, -0.15) is 0 Å². The summed E-state index contributed by atoms with van der Waals surface area (Å²) in [6, 6.07) is 15.5. The van der Waals surface area contributed by atoms with Crippen LogP contribution in [-0.2, 0) is 16.0 Å². The minimum Gasteiger partial charge on any atom is -0.488 e. The van der Waals surface area contributed by atoms with Gasteiger partial charge in [0.2, 0.25) is 11.9 Å². The highest BCUT2D eigenvalue weighted by Crippen LogP contribution is 2.27. The predicted molar refractivity (Wildman–Crippen MR) is 155 cm³/mol. The fourth-order valence-electron chi connectivity index (χ4n) is 4.45. The first kappa shape index (κ1) is 30.8. The molecule has 0 unspecified atom stereocenters. The van der Waals surface area contributed by atoms with Crippen LogP contribution in [-0.4, -0.2) is 63.6 Å². The number of nitrogens with zero attached hydrogens (tertiary/aromatic N) is 2. The van der Waals surface area contributed by atoms with Crippen LogP contribution >= 0.6 is 11.6 Å². The number of carboxylic acids is 2. The Labute approximate surface area is 250 Å². The molecule has 0 aliphatic carbocycles. The van der Waals surface area contributed by atoms with E-state index in [9.17, 15) is 24.3 Å². The third kappa shape index (κ3) is 7.99. The number of carbonyl (C=O) groups excluding carboxylic acids is 2. The summed E-state index contributed by atoms with van der Waals surface area (Å²) in [5.41, 5.74) is 9.16. The van der Waals surface area contributed by atoms with Crippen LogP contribution in [0, 0.1) is 0 Å². The number of esters is 1. The number of nitrogens with two attached hydrogens (primary N) is 2. The molecule has 1 aliphatic heterocycles. The summed E-state index contributed by atoms with van der Waals surface area (Å²) in [6.07, 6.45) is -0.290. The molecule has 43 heavy (non-hydrogen) atoms. The first-order valence-electron chi connectivity index (χ1n) is 13.0. The number of aryl methyl sites for hydroxylation is 1. The molecule has 2 atom stereocenters. The van der Waals surface area contributed by atoms with Gasteiger partial charge >= 0.3 is 17.9 Å². The molecule has 1 amide bonds. The number of halogens is 1. The van der Waals surface area contributed by atoms with Crippen LogP contribution in [0.1, 0.15) is 39.1 Å². The van der Waals surface area contributed by atoms with Crippen molar-refractivity contribution in [1.29, 1.82) is 0 Å². The molecule has 0 saturated carbocycles. The Morgan fingerprint density at radius 2 is 1.63 bits per heavy atom. The molecule has 14 heteroatoms. The van der Waals surface area contributed by atoms with Crippen molar-refractivity contribution < 1.29 is 38.9 Å². The number of hydrogen-bond donors (Lipinski definition) is 5. The summed E-state index contributed by atoms with van der Waals surface area (Å²) < 4.78 is 11.2. The monoisotopic (exact) mass is 609 g/mol. The van der Waals surface area contributed by atoms with Crippen molar-refractivity contribution in [3.63, 3.8) is 0 Å². The van der Waals surface area contributed by atoms with E-state index >= 15 is 0 Å². The zero-order chi connectivity index (χ0) is 31.1. The molecule has 0 spiro atoms. The minimum absolute atomic E-state index is 0.00846. The predicted octanol–water partition coefficient (Wildman–Crippen LogP) is 2.73. The van der Waals surface area contributed by atoms with Gasteiger partial charge in [0, 0.05) is 17.9 Å². The molecule has 0 radical (unpaired) electrons. The molecule has 0 aromatic heterocycles. The SMILES string of the molecule is NNC(N)=Nc1ccc(C(=O)Oc2ccc(CCC(=O)N3C[C@@H](Oc4ccc(C(=O)O)cc4)C[C@H]3C(=O)O)c(Cl)c2)cc1. The second-order valence-electron chi connectivity index (χ2n) is 9.54. The molecular weight excluding hydrogens is 582 g/mol. The number of aliphatic carboxylic acids is 1. The van der Waals surface area contributed by atoms with Gasteiger partial charge in [0.1, 0.15) is 23.6 Å². The van der Waals surface area contributed by atoms with E-state index in [2.05, 4.69) is 10.4 Å². The molecule has 3 aromatic carbocycles. The number of benzene rings is 3. The van der Waals surface area contributed by atoms with Crippen LogP contribution in [0.2, 0.25) is 5.02 Å². The molecule has 7 N–H and O–H groups in total. The van der Waals surface area contributed by atoms with Gasteiger partial charge in [-0.25, -0.2) is 25.2 Å². The number of hydrazine groups is 1. The normalized spacial score (nSPS) is 16.4. The number of carboxylic acid groups (broad SMARTS) is 2. The van der Waals surface area contributed by atoms with Crippen molar-refractivity contribution in [2.24, 2.45) is 16.6 Å². The van der Waals surface area contributed by atoms with Gasteiger partial charge in [-0.3, -0.25) is 10.2 Å². The number of hydrogen-bond acceptors (Lipinski definition) is 8. The number of ether oxygens (including phenoxy) is 2. The number of carbonyl (C=O) groups is 4. The van der Waals surface area contributed by atoms with Crippen molar-refractivity contribution in [2.75, 3.05) is 6.54 Å². The Kier molecular flexibility index (Phi) is 9.80. The molecule has 13 nitrogen and oxygen atoms in total. The largest absolute Gasteiger partial charge is 0.488 e. The van der Waals surface area contributed by atoms with E-state index in [0.717, 1.165) is 0 Å². The highest BCUT2D eigenvalue weighted by atomic mass is 35.5. The lowest BCUT2D eigenvalue weighted by molar-refractivity contribution is -0.148. The van der Waals surface area contributed by atoms with Crippen molar-refractivity contribution in [1.82, 2.24) is 10.3 Å². The molecule has 0 bridgehead atoms. The van der Waals surface area contributed by atoms with Crippen molar-refractivity contribution in [3.05, 3.63) is 88.4 Å². The summed E-state index contributed by atoms with van der Waals surface area (Å²) in [6.45, 7) is 0.0593. The fourth-order valence-corrected chi connectivity index (χ4v) is 4.71. The third-order valence-electron chi connectivity index (χ3n) is 6.62. The molecule has 3 aromatic rings. The van der Waals surface area contributed by atoms with Gasteiger partial charge in [0.15, 0.2) is 0 Å². The number of nitrogens with one attached hydrogen (secondary N) is 1. The van der Waals surface area contributed by atoms with E-state index in [4.69, 9.17) is 37.8 Å². The maximum Gasteiger partial charge on any atom is 0.343 e. The van der Waals surface area contributed by atoms with Crippen LogP contribution in [0.25, 0.3) is 0 Å². The average Bonchev–Trinajstić information content (AvgIpc) is 3.41. The summed E-state index contributed by atoms with van der Waals surface area (Å²) in [4.78, 5) is 53.7. The lowest BCUT2D eigenvalue weighted by Crippen LogP contribution is -2.40. The zero-order valence-electron chi connectivity index (χ0n) is 22.6. The lowest BCUT2D eigenvalue weighted by Gasteiger charge is -2.21. The topological polar surface area (TPSA) is 207 Å². The number of aliphatic imine (C=N–C) groups is 1. The first-order chi connectivity index (χ1) is 20.5. The van der Waals surface area contributed by atoms with E-state index in [1.54, 1.807) is 24.3 Å². The minimum atomic E-state index is -1.15. The van der Waals surface area contributed by atoms with E-state index in [0.29, 0.717) is 17.0 Å². The standard InChI is InChI=1S/C29H28ClN5O8/c30-23-13-21(43-28(41)18-1-7-19(8-2-18)33-29(31)34-32)11-3-16(23)6-12-25(36)35-15-22(14-24(35)27(39)40)42-20-9-4-17(5-10-20)26(37)38/h1-5,7-11,13,22,24H,6,12,14-15,32H2,(H,37,38)(H,39,40)(H3,31,33,34)/t22-,24-/m0/s1. The molecule has 224 valence electrons. The fraction of sp³-hybridized carbons (Fsp3) is 0.207. The molecule has 1 aliphatic rings. The second kappa shape index (κ2) is 13.7. The quantitative estimate of drug-likeness (QED) is 0.0564. The summed E-state index contributed by atoms with van der Waals surface area (Å²) >= 11 is 6.40. The Morgan fingerprint density at radius 1 is 0.977 bits per heavy atom. The summed E-state index contributed by atoms with van der Waals surface area (Å²) in [7, 11) is 0. The van der Waals surface area contributed by atoms with E-state index in [1.165, 1.54) is 47.4 Å². The van der Waals surface area contributed by atoms with Crippen LogP contribution in [0.5, 0.6) is 11.5 Å². The molecule has 4 rings (SSSR count). The molecular formula is C29H28ClN5O8. The number of aromatic carboxylic acids is 1. The van der Waals surface area contributed by atoms with Gasteiger partial charge in [-0.1, -0.05) is 17.7 Å². The van der Waals surface area contributed by atoms with Crippen LogP contribution in [0.15, 0.2) is 71.7 Å². The molecule has 1 fully saturated rings. The maximum atomic E-state index is 13.0. The molecule has 1 saturated heterocycles. The Balaban J connectivity index is 1.33. The zero-order valence-corrected chi connectivity index (χ0v) is 23.4. The molecule has 1 heterocycles. The van der Waals surface area contributed by atoms with Gasteiger partial charge in [0.25, 0.3) is 0 Å². The Morgan fingerprint density at radius 3 is 2.23 bits per heavy atom. The number of guanidine groups is 1. The van der Waals surface area contributed by atoms with Gasteiger partial charge in [0.05, 0.1) is 23.4 Å². The van der Waals surface area contributed by atoms with E-state index < -0.39 is 30.1 Å². The Hall–Kier alpha value is -5.14. The van der Waals surface area contributed by atoms with E-state index in [-0.39, 0.29) is 59.6 Å². The Bertz CT molecular complexity index is 1550. The number of rotatable bonds is 10. The number of likely N-dealkylation sites (tertiary alicyclic amines) is 1. The smallest absolute Gasteiger partial charge is 0.343 e. The van der Waals surface area contributed by atoms with Crippen molar-refractivity contribution in [2.45, 2.75) is 31.4 Å². The van der Waals surface area contributed by atoms with Gasteiger partial charge in [-0.15, -0.1) is 0 Å². The van der Waals surface area contributed by atoms with E-state index in [1.807, 2.05) is 0 Å². The first-order valence-corrected chi connectivity index (χ1v) is 13.4. The number of amides is 1. The van der Waals surface area contributed by atoms with Crippen molar-refractivity contribution >= 4 is 47.1 Å². The average molecular weight is 610 g/mol. The summed E-state index contributed by atoms with van der Waals surface area (Å²) in [5, 5.41) is 19.0. The highest BCUT2D eigenvalue weighted by molar-refractivity contribution is 6.31. The van der Waals surface area contributed by atoms with Gasteiger partial charge in [-0.05, 0) is 72.6 Å². The van der Waals surface area contributed by atoms with Crippen LogP contribution < -0.4 is 26.5 Å².